The van der Waals surface area contributed by atoms with Crippen LogP contribution in [0.25, 0.3) is 0 Å². The molecule has 4 heteroatoms. The number of anilines is 1. The van der Waals surface area contributed by atoms with Gasteiger partial charge in [0.2, 0.25) is 0 Å². The monoisotopic (exact) mass is 289 g/mol. The van der Waals surface area contributed by atoms with Crippen molar-refractivity contribution in [2.45, 2.75) is 39.5 Å². The molecule has 0 fully saturated rings. The van der Waals surface area contributed by atoms with E-state index in [2.05, 4.69) is 42.4 Å². The number of guanidine groups is 1. The smallest absolute Gasteiger partial charge is 0.193 e. The number of rotatable bonds is 7. The van der Waals surface area contributed by atoms with E-state index >= 15 is 0 Å². The molecule has 0 aliphatic heterocycles. The second-order valence-corrected chi connectivity index (χ2v) is 6.05. The normalized spacial score (nSPS) is 14.5. The molecule has 3 N–H and O–H groups in total. The quantitative estimate of drug-likeness (QED) is 0.461. The minimum Gasteiger partial charge on any atom is -0.381 e. The molecule has 4 nitrogen and oxygen atoms in total. The molecule has 0 radical (unpaired) electrons. The highest BCUT2D eigenvalue weighted by molar-refractivity contribution is 5.92. The lowest BCUT2D eigenvalue weighted by Gasteiger charge is -2.08. The summed E-state index contributed by atoms with van der Waals surface area (Å²) in [5, 5.41) is 3.17. The lowest BCUT2D eigenvalue weighted by Crippen LogP contribution is -2.23. The Morgan fingerprint density at radius 1 is 1.33 bits per heavy atom. The predicted octanol–water partition coefficient (Wildman–Crippen LogP) is 2.96. The number of aliphatic imine (C=N–C) groups is 1. The first-order valence-corrected chi connectivity index (χ1v) is 7.91. The van der Waals surface area contributed by atoms with E-state index in [1.54, 1.807) is 0 Å². The van der Waals surface area contributed by atoms with Crippen molar-refractivity contribution in [2.24, 2.45) is 16.6 Å². The summed E-state index contributed by atoms with van der Waals surface area (Å²) in [6.07, 6.45) is 4.54. The van der Waals surface area contributed by atoms with E-state index in [-0.39, 0.29) is 0 Å². The first kappa shape index (κ1) is 15.8. The SMILES string of the molecule is CC(C)COCCCN=C(N)Nc1ccc2c(c1)CCC2. The van der Waals surface area contributed by atoms with Gasteiger partial charge >= 0.3 is 0 Å². The van der Waals surface area contributed by atoms with Crippen molar-refractivity contribution in [3.8, 4) is 0 Å². The lowest BCUT2D eigenvalue weighted by atomic mass is 10.1. The average molecular weight is 289 g/mol. The third kappa shape index (κ3) is 5.38. The van der Waals surface area contributed by atoms with Gasteiger partial charge < -0.3 is 15.8 Å². The summed E-state index contributed by atoms with van der Waals surface area (Å²) < 4.78 is 5.52. The maximum absolute atomic E-state index is 5.91. The number of nitrogens with one attached hydrogen (secondary N) is 1. The molecule has 0 unspecified atom stereocenters. The van der Waals surface area contributed by atoms with Crippen LogP contribution in [0.5, 0.6) is 0 Å². The van der Waals surface area contributed by atoms with Gasteiger partial charge in [-0.3, -0.25) is 4.99 Å². The van der Waals surface area contributed by atoms with Crippen LogP contribution in [-0.4, -0.2) is 25.7 Å². The summed E-state index contributed by atoms with van der Waals surface area (Å²) in [6, 6.07) is 6.46. The third-order valence-electron chi connectivity index (χ3n) is 3.55. The van der Waals surface area contributed by atoms with Crippen molar-refractivity contribution >= 4 is 11.6 Å². The molecule has 0 bridgehead atoms. The van der Waals surface area contributed by atoms with E-state index in [4.69, 9.17) is 10.5 Å². The molecule has 1 aromatic rings. The van der Waals surface area contributed by atoms with Gasteiger partial charge in [-0.05, 0) is 54.9 Å². The van der Waals surface area contributed by atoms with Crippen LogP contribution in [0.4, 0.5) is 5.69 Å². The van der Waals surface area contributed by atoms with E-state index in [0.29, 0.717) is 18.4 Å². The molecule has 0 aromatic heterocycles. The Morgan fingerprint density at radius 2 is 2.14 bits per heavy atom. The number of aryl methyl sites for hydroxylation is 2. The van der Waals surface area contributed by atoms with Gasteiger partial charge in [-0.25, -0.2) is 0 Å². The molecule has 0 heterocycles. The van der Waals surface area contributed by atoms with Crippen molar-refractivity contribution in [3.63, 3.8) is 0 Å². The average Bonchev–Trinajstić information content (AvgIpc) is 2.89. The van der Waals surface area contributed by atoms with Gasteiger partial charge in [-0.15, -0.1) is 0 Å². The number of hydrogen-bond donors (Lipinski definition) is 2. The molecule has 2 rings (SSSR count). The lowest BCUT2D eigenvalue weighted by molar-refractivity contribution is 0.109. The number of nitrogens with two attached hydrogens (primary N) is 1. The Bertz CT molecular complexity index is 483. The molecule has 0 atom stereocenters. The van der Waals surface area contributed by atoms with Crippen molar-refractivity contribution in [2.75, 3.05) is 25.1 Å². The van der Waals surface area contributed by atoms with Gasteiger partial charge in [0.25, 0.3) is 0 Å². The second kappa shape index (κ2) is 8.03. The Kier molecular flexibility index (Phi) is 6.05. The predicted molar refractivity (Wildman–Crippen MR) is 88.9 cm³/mol. The van der Waals surface area contributed by atoms with Gasteiger partial charge in [0.1, 0.15) is 0 Å². The summed E-state index contributed by atoms with van der Waals surface area (Å²) in [5.74, 6) is 1.07. The highest BCUT2D eigenvalue weighted by atomic mass is 16.5. The molecule has 1 aromatic carbocycles. The molecule has 0 saturated carbocycles. The van der Waals surface area contributed by atoms with Crippen LogP contribution >= 0.6 is 0 Å². The Balaban J connectivity index is 1.71. The number of benzene rings is 1. The topological polar surface area (TPSA) is 59.6 Å². The molecule has 116 valence electrons. The number of fused-ring (bicyclic) bond motifs is 1. The zero-order valence-corrected chi connectivity index (χ0v) is 13.2. The van der Waals surface area contributed by atoms with E-state index < -0.39 is 0 Å². The third-order valence-corrected chi connectivity index (χ3v) is 3.55. The summed E-state index contributed by atoms with van der Waals surface area (Å²) in [6.45, 7) is 6.55. The maximum Gasteiger partial charge on any atom is 0.193 e. The fourth-order valence-corrected chi connectivity index (χ4v) is 2.52. The standard InChI is InChI=1S/C17H27N3O/c1-13(2)12-21-10-4-9-19-17(18)20-16-8-7-14-5-3-6-15(14)11-16/h7-8,11,13H,3-6,9-10,12H2,1-2H3,(H3,18,19,20). The fraction of sp³-hybridized carbons (Fsp3) is 0.588. The van der Waals surface area contributed by atoms with Crippen molar-refractivity contribution in [1.82, 2.24) is 0 Å². The van der Waals surface area contributed by atoms with Gasteiger partial charge in [0, 0.05) is 25.4 Å². The number of ether oxygens (including phenoxy) is 1. The number of hydrogen-bond acceptors (Lipinski definition) is 2. The molecule has 1 aliphatic carbocycles. The Labute approximate surface area is 127 Å². The Morgan fingerprint density at radius 3 is 2.95 bits per heavy atom. The van der Waals surface area contributed by atoms with E-state index in [0.717, 1.165) is 25.3 Å². The summed E-state index contributed by atoms with van der Waals surface area (Å²) in [7, 11) is 0. The number of nitrogens with zero attached hydrogens (tertiary/aromatic N) is 1. The van der Waals surface area contributed by atoms with Gasteiger partial charge in [0.05, 0.1) is 0 Å². The molecular formula is C17H27N3O. The summed E-state index contributed by atoms with van der Waals surface area (Å²) in [4.78, 5) is 4.33. The molecule has 0 saturated heterocycles. The van der Waals surface area contributed by atoms with Crippen molar-refractivity contribution in [1.29, 1.82) is 0 Å². The molecule has 0 spiro atoms. The highest BCUT2D eigenvalue weighted by Crippen LogP contribution is 2.24. The van der Waals surface area contributed by atoms with Crippen LogP contribution < -0.4 is 11.1 Å². The van der Waals surface area contributed by atoms with E-state index in [9.17, 15) is 0 Å². The van der Waals surface area contributed by atoms with Crippen LogP contribution in [-0.2, 0) is 17.6 Å². The summed E-state index contributed by atoms with van der Waals surface area (Å²) in [5.41, 5.74) is 9.86. The zero-order chi connectivity index (χ0) is 15.1. The molecular weight excluding hydrogens is 262 g/mol. The van der Waals surface area contributed by atoms with E-state index in [1.165, 1.54) is 30.4 Å². The van der Waals surface area contributed by atoms with Crippen LogP contribution in [0.15, 0.2) is 23.2 Å². The van der Waals surface area contributed by atoms with Crippen LogP contribution in [0.1, 0.15) is 37.8 Å². The fourth-order valence-electron chi connectivity index (χ4n) is 2.52. The maximum atomic E-state index is 5.91. The van der Waals surface area contributed by atoms with Crippen molar-refractivity contribution in [3.05, 3.63) is 29.3 Å². The summed E-state index contributed by atoms with van der Waals surface area (Å²) >= 11 is 0. The molecule has 1 aliphatic rings. The minimum absolute atomic E-state index is 0.483. The van der Waals surface area contributed by atoms with Crippen LogP contribution in [0.3, 0.4) is 0 Å². The minimum atomic E-state index is 0.483. The molecule has 21 heavy (non-hydrogen) atoms. The van der Waals surface area contributed by atoms with Crippen molar-refractivity contribution < 1.29 is 4.74 Å². The zero-order valence-electron chi connectivity index (χ0n) is 13.2. The Hall–Kier alpha value is -1.55. The van der Waals surface area contributed by atoms with Crippen LogP contribution in [0.2, 0.25) is 0 Å². The van der Waals surface area contributed by atoms with Gasteiger partial charge in [-0.2, -0.15) is 0 Å². The van der Waals surface area contributed by atoms with Crippen LogP contribution in [0, 0.1) is 5.92 Å². The first-order valence-electron chi connectivity index (χ1n) is 7.91. The van der Waals surface area contributed by atoms with E-state index in [1.807, 2.05) is 0 Å². The van der Waals surface area contributed by atoms with Gasteiger partial charge in [0.15, 0.2) is 5.96 Å². The first-order chi connectivity index (χ1) is 10.1. The molecule has 0 amide bonds. The largest absolute Gasteiger partial charge is 0.381 e. The second-order valence-electron chi connectivity index (χ2n) is 6.05. The highest BCUT2D eigenvalue weighted by Gasteiger charge is 2.10. The van der Waals surface area contributed by atoms with Gasteiger partial charge in [-0.1, -0.05) is 19.9 Å².